The third-order valence-corrected chi connectivity index (χ3v) is 4.60. The normalized spacial score (nSPS) is 14.2. The van der Waals surface area contributed by atoms with Gasteiger partial charge in [-0.2, -0.15) is 0 Å². The van der Waals surface area contributed by atoms with Gasteiger partial charge in [-0.25, -0.2) is 9.78 Å². The Bertz CT molecular complexity index is 609. The molecule has 0 spiro atoms. The molecule has 0 saturated carbocycles. The van der Waals surface area contributed by atoms with Gasteiger partial charge in [-0.1, -0.05) is 23.9 Å². The van der Waals surface area contributed by atoms with Gasteiger partial charge in [0, 0.05) is 0 Å². The lowest BCUT2D eigenvalue weighted by atomic mass is 10.2. The minimum Gasteiger partial charge on any atom is -0.481 e. The summed E-state index contributed by atoms with van der Waals surface area (Å²) in [5.41, 5.74) is 6.38. The van der Waals surface area contributed by atoms with Crippen LogP contribution in [0.3, 0.4) is 0 Å². The zero-order valence-electron chi connectivity index (χ0n) is 9.57. The summed E-state index contributed by atoms with van der Waals surface area (Å²) < 4.78 is 1.33. The van der Waals surface area contributed by atoms with Gasteiger partial charge in [0.1, 0.15) is 0 Å². The zero-order valence-corrected chi connectivity index (χ0v) is 11.2. The molecule has 1 unspecified atom stereocenters. The molecule has 0 aliphatic heterocycles. The summed E-state index contributed by atoms with van der Waals surface area (Å²) in [5.74, 6) is -2.64. The minimum absolute atomic E-state index is 0.437. The maximum Gasteiger partial charge on any atom is 0.335 e. The molecule has 0 aliphatic carbocycles. The summed E-state index contributed by atoms with van der Waals surface area (Å²) in [6.45, 7) is 0. The number of benzene rings is 1. The van der Waals surface area contributed by atoms with Crippen LogP contribution in [0.5, 0.6) is 0 Å². The molecule has 19 heavy (non-hydrogen) atoms. The molecule has 1 atom stereocenters. The van der Waals surface area contributed by atoms with Gasteiger partial charge in [0.2, 0.25) is 0 Å². The molecule has 0 aliphatic rings. The van der Waals surface area contributed by atoms with Gasteiger partial charge in [-0.15, -0.1) is 11.3 Å². The first-order valence-corrected chi connectivity index (χ1v) is 6.83. The number of aromatic nitrogens is 1. The number of hydrogen-bond acceptors (Lipinski definition) is 6. The number of para-hydroxylation sites is 1. The van der Waals surface area contributed by atoms with Crippen LogP contribution in [0, 0.1) is 0 Å². The fourth-order valence-electron chi connectivity index (χ4n) is 1.43. The summed E-state index contributed by atoms with van der Waals surface area (Å²) >= 11 is 2.04. The van der Waals surface area contributed by atoms with Crippen LogP contribution in [-0.2, 0) is 9.59 Å². The van der Waals surface area contributed by atoms with E-state index < -0.39 is 23.2 Å². The predicted molar refractivity (Wildman–Crippen MR) is 72.3 cm³/mol. The fourth-order valence-corrected chi connectivity index (χ4v) is 3.75. The average molecular weight is 298 g/mol. The Balaban J connectivity index is 2.30. The number of fused-ring (bicyclic) bond motifs is 1. The first-order chi connectivity index (χ1) is 8.90. The molecule has 1 aromatic heterocycles. The average Bonchev–Trinajstić information content (AvgIpc) is 2.69. The van der Waals surface area contributed by atoms with Crippen molar-refractivity contribution in [2.24, 2.45) is 5.73 Å². The topological polar surface area (TPSA) is 114 Å². The van der Waals surface area contributed by atoms with E-state index in [0.29, 0.717) is 4.34 Å². The molecule has 100 valence electrons. The Morgan fingerprint density at radius 1 is 1.37 bits per heavy atom. The zero-order chi connectivity index (χ0) is 14.0. The van der Waals surface area contributed by atoms with E-state index in [0.717, 1.165) is 22.0 Å². The van der Waals surface area contributed by atoms with E-state index >= 15 is 0 Å². The maximum absolute atomic E-state index is 11.1. The van der Waals surface area contributed by atoms with Crippen molar-refractivity contribution in [1.82, 2.24) is 4.98 Å². The number of nitrogens with zero attached hydrogens (tertiary/aromatic N) is 1. The Labute approximate surface area is 116 Å². The molecule has 2 aromatic rings. The highest BCUT2D eigenvalue weighted by Crippen LogP contribution is 2.36. The van der Waals surface area contributed by atoms with Gasteiger partial charge < -0.3 is 15.9 Å². The Morgan fingerprint density at radius 2 is 2.05 bits per heavy atom. The van der Waals surface area contributed by atoms with Crippen LogP contribution >= 0.6 is 23.1 Å². The van der Waals surface area contributed by atoms with Crippen molar-refractivity contribution < 1.29 is 19.8 Å². The molecular formula is C11H10N2O4S2. The van der Waals surface area contributed by atoms with Crippen molar-refractivity contribution in [2.75, 3.05) is 0 Å². The molecule has 4 N–H and O–H groups in total. The number of thiazole rings is 1. The van der Waals surface area contributed by atoms with Crippen LogP contribution < -0.4 is 5.73 Å². The van der Waals surface area contributed by atoms with Gasteiger partial charge >= 0.3 is 11.9 Å². The molecule has 0 radical (unpaired) electrons. The number of carboxylic acid groups (broad SMARTS) is 2. The van der Waals surface area contributed by atoms with E-state index in [1.807, 2.05) is 18.2 Å². The van der Waals surface area contributed by atoms with Crippen molar-refractivity contribution >= 4 is 45.3 Å². The van der Waals surface area contributed by atoms with Crippen LogP contribution in [0.4, 0.5) is 0 Å². The standard InChI is InChI=1S/C11H10N2O4S2/c12-11(9(16)17,5-8(14)15)19-10-13-6-3-1-2-4-7(6)18-10/h1-4H,5,12H2,(H,14,15)(H,16,17). The SMILES string of the molecule is NC(CC(=O)O)(Sc1nc2ccccc2s1)C(=O)O. The molecule has 0 amide bonds. The number of nitrogens with two attached hydrogens (primary N) is 1. The minimum atomic E-state index is -1.92. The van der Waals surface area contributed by atoms with Gasteiger partial charge in [0.15, 0.2) is 9.21 Å². The van der Waals surface area contributed by atoms with Gasteiger partial charge in [0.05, 0.1) is 16.6 Å². The number of hydrogen-bond donors (Lipinski definition) is 3. The van der Waals surface area contributed by atoms with E-state index in [2.05, 4.69) is 4.98 Å². The van der Waals surface area contributed by atoms with Crippen LogP contribution in [-0.4, -0.2) is 32.0 Å². The van der Waals surface area contributed by atoms with E-state index in [9.17, 15) is 9.59 Å². The van der Waals surface area contributed by atoms with Crippen molar-refractivity contribution in [3.8, 4) is 0 Å². The van der Waals surface area contributed by atoms with Crippen molar-refractivity contribution in [3.05, 3.63) is 24.3 Å². The van der Waals surface area contributed by atoms with Crippen LogP contribution in [0.15, 0.2) is 28.6 Å². The van der Waals surface area contributed by atoms with E-state index in [4.69, 9.17) is 15.9 Å². The molecule has 6 nitrogen and oxygen atoms in total. The summed E-state index contributed by atoms with van der Waals surface area (Å²) in [7, 11) is 0. The molecule has 8 heteroatoms. The molecular weight excluding hydrogens is 288 g/mol. The van der Waals surface area contributed by atoms with Crippen molar-refractivity contribution in [3.63, 3.8) is 0 Å². The molecule has 1 heterocycles. The highest BCUT2D eigenvalue weighted by molar-refractivity contribution is 8.03. The van der Waals surface area contributed by atoms with Crippen LogP contribution in [0.25, 0.3) is 10.2 Å². The lowest BCUT2D eigenvalue weighted by Crippen LogP contribution is -2.46. The number of aliphatic carboxylic acids is 2. The summed E-state index contributed by atoms with van der Waals surface area (Å²) in [4.78, 5) is 24.2. The van der Waals surface area contributed by atoms with E-state index in [-0.39, 0.29) is 0 Å². The smallest absolute Gasteiger partial charge is 0.335 e. The lowest BCUT2D eigenvalue weighted by Gasteiger charge is -2.20. The quantitative estimate of drug-likeness (QED) is 0.567. The first kappa shape index (κ1) is 13.8. The molecule has 0 saturated heterocycles. The van der Waals surface area contributed by atoms with Gasteiger partial charge in [-0.3, -0.25) is 4.79 Å². The highest BCUT2D eigenvalue weighted by Gasteiger charge is 2.39. The molecule has 0 fully saturated rings. The summed E-state index contributed by atoms with van der Waals surface area (Å²) in [6.07, 6.45) is -0.678. The van der Waals surface area contributed by atoms with E-state index in [1.165, 1.54) is 11.3 Å². The molecule has 1 aromatic carbocycles. The second kappa shape index (κ2) is 5.16. The second-order valence-corrected chi connectivity index (χ2v) is 6.42. The molecule has 2 rings (SSSR count). The largest absolute Gasteiger partial charge is 0.481 e. The second-order valence-electron chi connectivity index (χ2n) is 3.81. The maximum atomic E-state index is 11.1. The number of rotatable bonds is 5. The highest BCUT2D eigenvalue weighted by atomic mass is 32.2. The van der Waals surface area contributed by atoms with Crippen molar-refractivity contribution in [2.45, 2.75) is 15.6 Å². The number of carbonyl (C=O) groups is 2. The Hall–Kier alpha value is -1.64. The van der Waals surface area contributed by atoms with Gasteiger partial charge in [-0.05, 0) is 12.1 Å². The fraction of sp³-hybridized carbons (Fsp3) is 0.182. The molecule has 0 bridgehead atoms. The number of thioether (sulfide) groups is 1. The summed E-state index contributed by atoms with van der Waals surface area (Å²) in [5, 5.41) is 17.8. The van der Waals surface area contributed by atoms with Crippen LogP contribution in [0.2, 0.25) is 0 Å². The van der Waals surface area contributed by atoms with Crippen molar-refractivity contribution in [1.29, 1.82) is 0 Å². The first-order valence-electron chi connectivity index (χ1n) is 5.19. The predicted octanol–water partition coefficient (Wildman–Crippen LogP) is 1.60. The lowest BCUT2D eigenvalue weighted by molar-refractivity contribution is -0.146. The number of carboxylic acids is 2. The third-order valence-electron chi connectivity index (χ3n) is 2.32. The Morgan fingerprint density at radius 3 is 2.63 bits per heavy atom. The third kappa shape index (κ3) is 3.03. The van der Waals surface area contributed by atoms with Crippen LogP contribution in [0.1, 0.15) is 6.42 Å². The van der Waals surface area contributed by atoms with E-state index in [1.54, 1.807) is 6.07 Å². The monoisotopic (exact) mass is 298 g/mol. The summed E-state index contributed by atoms with van der Waals surface area (Å²) in [6, 6.07) is 7.32. The van der Waals surface area contributed by atoms with Gasteiger partial charge in [0.25, 0.3) is 0 Å². The Kier molecular flexibility index (Phi) is 3.74.